The zero-order valence-corrected chi connectivity index (χ0v) is 9.08. The van der Waals surface area contributed by atoms with E-state index in [9.17, 15) is 0 Å². The minimum absolute atomic E-state index is 0.806. The van der Waals surface area contributed by atoms with Crippen molar-refractivity contribution in [3.63, 3.8) is 0 Å². The van der Waals surface area contributed by atoms with E-state index < -0.39 is 0 Å². The SMILES string of the molecule is Cc1ccc(NCc2ccoc2)c(C)c1. The molecule has 0 bridgehead atoms. The van der Waals surface area contributed by atoms with Gasteiger partial charge < -0.3 is 9.73 Å². The molecule has 1 N–H and O–H groups in total. The molecular formula is C13H15NO. The van der Waals surface area contributed by atoms with Gasteiger partial charge in [0.05, 0.1) is 12.5 Å². The first-order valence-electron chi connectivity index (χ1n) is 5.08. The number of rotatable bonds is 3. The summed E-state index contributed by atoms with van der Waals surface area (Å²) < 4.78 is 5.01. The second kappa shape index (κ2) is 4.22. The Bertz CT molecular complexity index is 432. The predicted octanol–water partition coefficient (Wildman–Crippen LogP) is 3.51. The average Bonchev–Trinajstić information content (AvgIpc) is 2.69. The molecule has 1 aromatic carbocycles. The second-order valence-corrected chi connectivity index (χ2v) is 3.80. The zero-order chi connectivity index (χ0) is 10.7. The van der Waals surface area contributed by atoms with Crippen LogP contribution in [0, 0.1) is 13.8 Å². The molecule has 0 aliphatic heterocycles. The van der Waals surface area contributed by atoms with E-state index in [0.29, 0.717) is 0 Å². The van der Waals surface area contributed by atoms with Gasteiger partial charge in [-0.3, -0.25) is 0 Å². The molecule has 0 saturated heterocycles. The molecule has 0 aliphatic rings. The molecule has 1 heterocycles. The Morgan fingerprint density at radius 3 is 2.73 bits per heavy atom. The normalized spacial score (nSPS) is 10.3. The van der Waals surface area contributed by atoms with Crippen LogP contribution in [0.1, 0.15) is 16.7 Å². The molecule has 0 fully saturated rings. The van der Waals surface area contributed by atoms with E-state index in [1.165, 1.54) is 16.8 Å². The standard InChI is InChI=1S/C13H15NO/c1-10-3-4-13(11(2)7-10)14-8-12-5-6-15-9-12/h3-7,9,14H,8H2,1-2H3. The van der Waals surface area contributed by atoms with Gasteiger partial charge in [0.15, 0.2) is 0 Å². The summed E-state index contributed by atoms with van der Waals surface area (Å²) in [5, 5.41) is 3.38. The molecule has 15 heavy (non-hydrogen) atoms. The minimum Gasteiger partial charge on any atom is -0.472 e. The van der Waals surface area contributed by atoms with Crippen molar-refractivity contribution < 1.29 is 4.42 Å². The predicted molar refractivity (Wildman–Crippen MR) is 62.0 cm³/mol. The molecular weight excluding hydrogens is 186 g/mol. The molecule has 2 rings (SSSR count). The molecule has 2 nitrogen and oxygen atoms in total. The van der Waals surface area contributed by atoms with E-state index in [1.54, 1.807) is 12.5 Å². The summed E-state index contributed by atoms with van der Waals surface area (Å²) in [5.41, 5.74) is 4.91. The van der Waals surface area contributed by atoms with Crippen LogP contribution in [-0.2, 0) is 6.54 Å². The number of nitrogens with one attached hydrogen (secondary N) is 1. The van der Waals surface area contributed by atoms with Crippen LogP contribution >= 0.6 is 0 Å². The molecule has 0 amide bonds. The quantitative estimate of drug-likeness (QED) is 0.822. The lowest BCUT2D eigenvalue weighted by Crippen LogP contribution is -1.99. The van der Waals surface area contributed by atoms with E-state index in [4.69, 9.17) is 4.42 Å². The number of furan rings is 1. The minimum atomic E-state index is 0.806. The summed E-state index contributed by atoms with van der Waals surface area (Å²) in [4.78, 5) is 0. The lowest BCUT2D eigenvalue weighted by Gasteiger charge is -2.08. The van der Waals surface area contributed by atoms with Crippen LogP contribution < -0.4 is 5.32 Å². The number of hydrogen-bond donors (Lipinski definition) is 1. The third-order valence-electron chi connectivity index (χ3n) is 2.44. The summed E-state index contributed by atoms with van der Waals surface area (Å²) in [7, 11) is 0. The molecule has 0 radical (unpaired) electrons. The molecule has 0 atom stereocenters. The van der Waals surface area contributed by atoms with E-state index in [1.807, 2.05) is 6.07 Å². The highest BCUT2D eigenvalue weighted by Gasteiger charge is 1.98. The summed E-state index contributed by atoms with van der Waals surface area (Å²) in [6, 6.07) is 8.38. The van der Waals surface area contributed by atoms with Gasteiger partial charge >= 0.3 is 0 Å². The van der Waals surface area contributed by atoms with E-state index in [2.05, 4.69) is 37.4 Å². The summed E-state index contributed by atoms with van der Waals surface area (Å²) in [6.45, 7) is 5.03. The molecule has 0 spiro atoms. The third kappa shape index (κ3) is 2.40. The summed E-state index contributed by atoms with van der Waals surface area (Å²) in [6.07, 6.45) is 3.45. The molecule has 0 unspecified atom stereocenters. The monoisotopic (exact) mass is 201 g/mol. The van der Waals surface area contributed by atoms with E-state index >= 15 is 0 Å². The topological polar surface area (TPSA) is 25.2 Å². The Morgan fingerprint density at radius 1 is 1.20 bits per heavy atom. The van der Waals surface area contributed by atoms with Crippen LogP contribution in [0.25, 0.3) is 0 Å². The van der Waals surface area contributed by atoms with Crippen LogP contribution in [0.5, 0.6) is 0 Å². The van der Waals surface area contributed by atoms with Gasteiger partial charge in [-0.1, -0.05) is 17.7 Å². The number of anilines is 1. The van der Waals surface area contributed by atoms with Gasteiger partial charge in [-0.15, -0.1) is 0 Å². The molecule has 0 aliphatic carbocycles. The average molecular weight is 201 g/mol. The Hall–Kier alpha value is -1.70. The van der Waals surface area contributed by atoms with Gasteiger partial charge in [-0.2, -0.15) is 0 Å². The Kier molecular flexibility index (Phi) is 2.77. The molecule has 2 heteroatoms. The highest BCUT2D eigenvalue weighted by Crippen LogP contribution is 2.16. The van der Waals surface area contributed by atoms with Crippen molar-refractivity contribution in [2.24, 2.45) is 0 Å². The highest BCUT2D eigenvalue weighted by atomic mass is 16.3. The van der Waals surface area contributed by atoms with Crippen LogP contribution in [0.15, 0.2) is 41.2 Å². The van der Waals surface area contributed by atoms with Crippen molar-refractivity contribution in [2.45, 2.75) is 20.4 Å². The smallest absolute Gasteiger partial charge is 0.0952 e. The van der Waals surface area contributed by atoms with Crippen LogP contribution in [0.3, 0.4) is 0 Å². The molecule has 2 aromatic rings. The second-order valence-electron chi connectivity index (χ2n) is 3.80. The zero-order valence-electron chi connectivity index (χ0n) is 9.08. The maximum atomic E-state index is 5.01. The fourth-order valence-electron chi connectivity index (χ4n) is 1.60. The first-order chi connectivity index (χ1) is 7.25. The van der Waals surface area contributed by atoms with Crippen molar-refractivity contribution in [1.82, 2.24) is 0 Å². The van der Waals surface area contributed by atoms with Gasteiger partial charge in [-0.05, 0) is 31.5 Å². The fraction of sp³-hybridized carbons (Fsp3) is 0.231. The van der Waals surface area contributed by atoms with Gasteiger partial charge in [0.2, 0.25) is 0 Å². The van der Waals surface area contributed by atoms with Gasteiger partial charge in [0, 0.05) is 17.8 Å². The highest BCUT2D eigenvalue weighted by molar-refractivity contribution is 5.52. The molecule has 0 saturated carbocycles. The number of hydrogen-bond acceptors (Lipinski definition) is 2. The maximum Gasteiger partial charge on any atom is 0.0952 e. The third-order valence-corrected chi connectivity index (χ3v) is 2.44. The summed E-state index contributed by atoms with van der Waals surface area (Å²) >= 11 is 0. The van der Waals surface area contributed by atoms with Crippen molar-refractivity contribution in [1.29, 1.82) is 0 Å². The molecule has 1 aromatic heterocycles. The lowest BCUT2D eigenvalue weighted by atomic mass is 10.1. The number of benzene rings is 1. The van der Waals surface area contributed by atoms with Crippen LogP contribution in [0.4, 0.5) is 5.69 Å². The fourth-order valence-corrected chi connectivity index (χ4v) is 1.60. The van der Waals surface area contributed by atoms with Gasteiger partial charge in [-0.25, -0.2) is 0 Å². The van der Waals surface area contributed by atoms with Crippen molar-refractivity contribution >= 4 is 5.69 Å². The van der Waals surface area contributed by atoms with Gasteiger partial charge in [0.1, 0.15) is 0 Å². The van der Waals surface area contributed by atoms with Crippen molar-refractivity contribution in [2.75, 3.05) is 5.32 Å². The Morgan fingerprint density at radius 2 is 2.07 bits per heavy atom. The van der Waals surface area contributed by atoms with Crippen molar-refractivity contribution in [3.8, 4) is 0 Å². The van der Waals surface area contributed by atoms with Crippen LogP contribution in [-0.4, -0.2) is 0 Å². The molecule has 78 valence electrons. The van der Waals surface area contributed by atoms with E-state index in [-0.39, 0.29) is 0 Å². The lowest BCUT2D eigenvalue weighted by molar-refractivity contribution is 0.564. The Balaban J connectivity index is 2.05. The van der Waals surface area contributed by atoms with E-state index in [0.717, 1.165) is 12.1 Å². The Labute approximate surface area is 89.9 Å². The van der Waals surface area contributed by atoms with Crippen LogP contribution in [0.2, 0.25) is 0 Å². The maximum absolute atomic E-state index is 5.01. The summed E-state index contributed by atoms with van der Waals surface area (Å²) in [5.74, 6) is 0. The first kappa shape index (κ1) is 9.84. The number of aryl methyl sites for hydroxylation is 2. The van der Waals surface area contributed by atoms with Gasteiger partial charge in [0.25, 0.3) is 0 Å². The first-order valence-corrected chi connectivity index (χ1v) is 5.08. The largest absolute Gasteiger partial charge is 0.472 e. The van der Waals surface area contributed by atoms with Crippen molar-refractivity contribution in [3.05, 3.63) is 53.5 Å².